The van der Waals surface area contributed by atoms with Crippen LogP contribution in [-0.4, -0.2) is 23.2 Å². The Bertz CT molecular complexity index is 1120. The van der Waals surface area contributed by atoms with Gasteiger partial charge in [0, 0.05) is 21.0 Å². The summed E-state index contributed by atoms with van der Waals surface area (Å²) in [6.45, 7) is 7.40. The predicted molar refractivity (Wildman–Crippen MR) is 126 cm³/mol. The molecule has 1 aromatic heterocycles. The fraction of sp³-hybridized carbons (Fsp3) is 0.318. The maximum atomic E-state index is 12.6. The van der Waals surface area contributed by atoms with E-state index in [1.54, 1.807) is 27.7 Å². The van der Waals surface area contributed by atoms with E-state index in [2.05, 4.69) is 32.1 Å². The van der Waals surface area contributed by atoms with Gasteiger partial charge in [0.05, 0.1) is 23.6 Å². The van der Waals surface area contributed by atoms with Crippen molar-refractivity contribution < 1.29 is 18.1 Å². The zero-order valence-corrected chi connectivity index (χ0v) is 20.6. The first-order chi connectivity index (χ1) is 14.3. The summed E-state index contributed by atoms with van der Waals surface area (Å²) in [4.78, 5) is 0. The van der Waals surface area contributed by atoms with Crippen LogP contribution < -0.4 is 0 Å². The van der Waals surface area contributed by atoms with Crippen LogP contribution in [0.25, 0.3) is 21.3 Å². The topological polar surface area (TPSA) is 57.7 Å². The van der Waals surface area contributed by atoms with Gasteiger partial charge in [-0.05, 0) is 63.5 Å². The number of hydrogen-bond acceptors (Lipinski definition) is 6. The summed E-state index contributed by atoms with van der Waals surface area (Å²) >= 11 is 4.90. The second-order valence-corrected chi connectivity index (χ2v) is 10.2. The maximum Gasteiger partial charge on any atom is 0.476 e. The molecule has 0 aliphatic carbocycles. The van der Waals surface area contributed by atoms with E-state index in [0.717, 1.165) is 31.4 Å². The first-order valence-corrected chi connectivity index (χ1v) is 12.6. The van der Waals surface area contributed by atoms with Crippen LogP contribution in [0.3, 0.4) is 0 Å². The van der Waals surface area contributed by atoms with Gasteiger partial charge in [-0.25, -0.2) is 4.57 Å². The second-order valence-electron chi connectivity index (χ2n) is 6.88. The van der Waals surface area contributed by atoms with Gasteiger partial charge < -0.3 is 0 Å². The van der Waals surface area contributed by atoms with Crippen molar-refractivity contribution in [3.63, 3.8) is 0 Å². The standard InChI is InChI=1S/C22H23BrNO4PS/c1-5-26-29(25,27-6-2)28-22(3,4)14-13-16-7-12-19-20(15-16)30-24-21(19)17-8-10-18(23)11-9-17/h7-12,15H,5-6H2,1-4H3. The van der Waals surface area contributed by atoms with Gasteiger partial charge in [-0.1, -0.05) is 46.0 Å². The van der Waals surface area contributed by atoms with Crippen LogP contribution in [0.2, 0.25) is 0 Å². The quantitative estimate of drug-likeness (QED) is 0.253. The van der Waals surface area contributed by atoms with Crippen LogP contribution in [0.4, 0.5) is 0 Å². The van der Waals surface area contributed by atoms with Gasteiger partial charge in [0.25, 0.3) is 0 Å². The summed E-state index contributed by atoms with van der Waals surface area (Å²) in [6.07, 6.45) is 0. The molecule has 1 heterocycles. The molecule has 30 heavy (non-hydrogen) atoms. The minimum absolute atomic E-state index is 0.226. The Morgan fingerprint density at radius 3 is 2.40 bits per heavy atom. The molecule has 5 nitrogen and oxygen atoms in total. The van der Waals surface area contributed by atoms with Crippen molar-refractivity contribution in [3.8, 4) is 23.1 Å². The number of phosphoric ester groups is 1. The Kier molecular flexibility index (Phi) is 7.52. The molecule has 0 fully saturated rings. The molecule has 0 N–H and O–H groups in total. The van der Waals surface area contributed by atoms with E-state index in [-0.39, 0.29) is 13.2 Å². The van der Waals surface area contributed by atoms with E-state index in [0.29, 0.717) is 0 Å². The van der Waals surface area contributed by atoms with E-state index >= 15 is 0 Å². The van der Waals surface area contributed by atoms with Crippen LogP contribution in [0.15, 0.2) is 46.9 Å². The molecular weight excluding hydrogens is 485 g/mol. The smallest absolute Gasteiger partial charge is 0.287 e. The van der Waals surface area contributed by atoms with E-state index in [1.807, 2.05) is 42.5 Å². The van der Waals surface area contributed by atoms with E-state index in [1.165, 1.54) is 11.5 Å². The Hall–Kier alpha value is -1.52. The summed E-state index contributed by atoms with van der Waals surface area (Å²) < 4.78 is 35.3. The molecule has 0 unspecified atom stereocenters. The average Bonchev–Trinajstić information content (AvgIpc) is 3.10. The molecule has 0 saturated carbocycles. The molecule has 0 aliphatic rings. The van der Waals surface area contributed by atoms with E-state index in [4.69, 9.17) is 13.6 Å². The first kappa shape index (κ1) is 23.1. The minimum atomic E-state index is -3.65. The Balaban J connectivity index is 1.84. The molecule has 0 radical (unpaired) electrons. The lowest BCUT2D eigenvalue weighted by Crippen LogP contribution is -2.22. The number of fused-ring (bicyclic) bond motifs is 1. The van der Waals surface area contributed by atoms with Gasteiger partial charge in [0.1, 0.15) is 5.60 Å². The summed E-state index contributed by atoms with van der Waals surface area (Å²) in [5.74, 6) is 6.14. The maximum absolute atomic E-state index is 12.6. The third-order valence-electron chi connectivity index (χ3n) is 4.01. The van der Waals surface area contributed by atoms with E-state index in [9.17, 15) is 4.57 Å². The third-order valence-corrected chi connectivity index (χ3v) is 7.18. The highest BCUT2D eigenvalue weighted by molar-refractivity contribution is 9.10. The summed E-state index contributed by atoms with van der Waals surface area (Å²) in [5.41, 5.74) is 1.85. The zero-order valence-electron chi connectivity index (χ0n) is 17.3. The molecule has 2 aromatic carbocycles. The van der Waals surface area contributed by atoms with Crippen LogP contribution >= 0.6 is 35.3 Å². The first-order valence-electron chi connectivity index (χ1n) is 9.53. The molecular formula is C22H23BrNO4PS. The van der Waals surface area contributed by atoms with Crippen LogP contribution in [-0.2, 0) is 18.1 Å². The summed E-state index contributed by atoms with van der Waals surface area (Å²) in [6, 6.07) is 14.1. The molecule has 0 aliphatic heterocycles. The molecule has 8 heteroatoms. The van der Waals surface area contributed by atoms with Crippen LogP contribution in [0.5, 0.6) is 0 Å². The average molecular weight is 508 g/mol. The van der Waals surface area contributed by atoms with Gasteiger partial charge in [0.15, 0.2) is 0 Å². The van der Waals surface area contributed by atoms with Gasteiger partial charge >= 0.3 is 7.82 Å². The van der Waals surface area contributed by atoms with Crippen LogP contribution in [0.1, 0.15) is 33.3 Å². The van der Waals surface area contributed by atoms with Gasteiger partial charge in [-0.15, -0.1) is 0 Å². The Morgan fingerprint density at radius 2 is 1.77 bits per heavy atom. The Labute approximate surface area is 189 Å². The highest BCUT2D eigenvalue weighted by Crippen LogP contribution is 2.52. The lowest BCUT2D eigenvalue weighted by Gasteiger charge is -2.24. The van der Waals surface area contributed by atoms with Crippen molar-refractivity contribution in [1.29, 1.82) is 0 Å². The number of aromatic nitrogens is 1. The number of nitrogens with zero attached hydrogens (tertiary/aromatic N) is 1. The lowest BCUT2D eigenvalue weighted by molar-refractivity contribution is 0.0680. The van der Waals surface area contributed by atoms with Gasteiger partial charge in [-0.3, -0.25) is 13.6 Å². The molecule has 0 spiro atoms. The molecule has 3 aromatic rings. The van der Waals surface area contributed by atoms with Gasteiger partial charge in [0.2, 0.25) is 0 Å². The molecule has 0 amide bonds. The van der Waals surface area contributed by atoms with Crippen LogP contribution in [0, 0.1) is 11.8 Å². The SMILES string of the molecule is CCOP(=O)(OCC)OC(C)(C)C#Cc1ccc2c(-c3ccc(Br)cc3)nsc2c1. The van der Waals surface area contributed by atoms with Crippen molar-refractivity contribution in [2.24, 2.45) is 0 Å². The Morgan fingerprint density at radius 1 is 1.10 bits per heavy atom. The van der Waals surface area contributed by atoms with E-state index < -0.39 is 13.4 Å². The molecule has 0 bridgehead atoms. The monoisotopic (exact) mass is 507 g/mol. The van der Waals surface area contributed by atoms with Gasteiger partial charge in [-0.2, -0.15) is 4.37 Å². The molecule has 158 valence electrons. The fourth-order valence-corrected chi connectivity index (χ4v) is 5.28. The highest BCUT2D eigenvalue weighted by atomic mass is 79.9. The fourth-order valence-electron chi connectivity index (χ4n) is 2.76. The third kappa shape index (κ3) is 5.79. The predicted octanol–water partition coefficient (Wildman–Crippen LogP) is 7.05. The zero-order chi connectivity index (χ0) is 21.8. The summed E-state index contributed by atoms with van der Waals surface area (Å²) in [7, 11) is -3.65. The number of hydrogen-bond donors (Lipinski definition) is 0. The molecule has 3 rings (SSSR count). The van der Waals surface area contributed by atoms with Crippen molar-refractivity contribution >= 4 is 45.4 Å². The van der Waals surface area contributed by atoms with Crippen molar-refractivity contribution in [3.05, 3.63) is 52.5 Å². The number of rotatable bonds is 7. The highest BCUT2D eigenvalue weighted by Gasteiger charge is 2.33. The normalized spacial score (nSPS) is 12.0. The molecule has 0 saturated heterocycles. The minimum Gasteiger partial charge on any atom is -0.287 e. The van der Waals surface area contributed by atoms with Crippen molar-refractivity contribution in [2.45, 2.75) is 33.3 Å². The molecule has 0 atom stereocenters. The van der Waals surface area contributed by atoms with Crippen molar-refractivity contribution in [1.82, 2.24) is 4.37 Å². The largest absolute Gasteiger partial charge is 0.476 e. The lowest BCUT2D eigenvalue weighted by atomic mass is 10.1. The second kappa shape index (κ2) is 9.74. The summed E-state index contributed by atoms with van der Waals surface area (Å²) in [5, 5.41) is 1.08. The number of halogens is 1. The number of benzene rings is 2. The van der Waals surface area contributed by atoms with Crippen molar-refractivity contribution in [2.75, 3.05) is 13.2 Å². The number of phosphoric acid groups is 1.